The van der Waals surface area contributed by atoms with Gasteiger partial charge < -0.3 is 9.80 Å². The Morgan fingerprint density at radius 3 is 2.45 bits per heavy atom. The predicted molar refractivity (Wildman–Crippen MR) is 109 cm³/mol. The van der Waals surface area contributed by atoms with Crippen LogP contribution < -0.4 is 9.21 Å². The van der Waals surface area contributed by atoms with E-state index in [1.54, 1.807) is 36.2 Å². The third-order valence-corrected chi connectivity index (χ3v) is 7.10. The van der Waals surface area contributed by atoms with Gasteiger partial charge in [-0.25, -0.2) is 17.7 Å². The van der Waals surface area contributed by atoms with Crippen LogP contribution in [0.2, 0.25) is 0 Å². The van der Waals surface area contributed by atoms with E-state index >= 15 is 0 Å². The number of hydrogen-bond acceptors (Lipinski definition) is 6. The maximum absolute atomic E-state index is 13.0. The Bertz CT molecular complexity index is 1030. The molecule has 1 unspecified atom stereocenters. The predicted octanol–water partition coefficient (Wildman–Crippen LogP) is 1.36. The highest BCUT2D eigenvalue weighted by Crippen LogP contribution is 2.29. The molecule has 1 aromatic heterocycles. The SMILES string of the molecule is CC1CS(=O)(=O)N(c2cccc(C(=O)N3CCN(c4ccccn4)CC3)c2)C1=O. The second-order valence-corrected chi connectivity index (χ2v) is 9.16. The number of amides is 2. The van der Waals surface area contributed by atoms with Gasteiger partial charge in [-0.05, 0) is 30.3 Å². The number of piperazine rings is 1. The van der Waals surface area contributed by atoms with E-state index in [2.05, 4.69) is 9.88 Å². The highest BCUT2D eigenvalue weighted by molar-refractivity contribution is 7.94. The molecule has 8 nitrogen and oxygen atoms in total. The average Bonchev–Trinajstić information content (AvgIpc) is 2.94. The third-order valence-electron chi connectivity index (χ3n) is 5.23. The zero-order valence-corrected chi connectivity index (χ0v) is 16.9. The van der Waals surface area contributed by atoms with E-state index in [1.807, 2.05) is 18.2 Å². The Kier molecular flexibility index (Phi) is 4.99. The van der Waals surface area contributed by atoms with E-state index in [9.17, 15) is 18.0 Å². The van der Waals surface area contributed by atoms with Gasteiger partial charge in [-0.2, -0.15) is 0 Å². The molecule has 0 aliphatic carbocycles. The van der Waals surface area contributed by atoms with Gasteiger partial charge in [0.15, 0.2) is 0 Å². The summed E-state index contributed by atoms with van der Waals surface area (Å²) >= 11 is 0. The van der Waals surface area contributed by atoms with Gasteiger partial charge >= 0.3 is 0 Å². The molecule has 3 heterocycles. The van der Waals surface area contributed by atoms with Gasteiger partial charge in [0, 0.05) is 37.9 Å². The summed E-state index contributed by atoms with van der Waals surface area (Å²) < 4.78 is 25.5. The van der Waals surface area contributed by atoms with Gasteiger partial charge in [0.25, 0.3) is 5.91 Å². The molecule has 0 saturated carbocycles. The third kappa shape index (κ3) is 3.69. The lowest BCUT2D eigenvalue weighted by molar-refractivity contribution is -0.119. The number of pyridine rings is 1. The molecule has 2 amide bonds. The number of anilines is 2. The van der Waals surface area contributed by atoms with Gasteiger partial charge in [-0.1, -0.05) is 19.1 Å². The second kappa shape index (κ2) is 7.47. The van der Waals surface area contributed by atoms with E-state index in [4.69, 9.17) is 0 Å². The molecule has 29 heavy (non-hydrogen) atoms. The normalized spacial score (nSPS) is 21.5. The number of rotatable bonds is 3. The molecular formula is C20H22N4O4S. The summed E-state index contributed by atoms with van der Waals surface area (Å²) in [4.78, 5) is 33.5. The average molecular weight is 414 g/mol. The van der Waals surface area contributed by atoms with Gasteiger partial charge in [-0.15, -0.1) is 0 Å². The Morgan fingerprint density at radius 2 is 1.83 bits per heavy atom. The largest absolute Gasteiger partial charge is 0.353 e. The fraction of sp³-hybridized carbons (Fsp3) is 0.350. The van der Waals surface area contributed by atoms with Crippen LogP contribution in [0.1, 0.15) is 17.3 Å². The summed E-state index contributed by atoms with van der Waals surface area (Å²) in [5.74, 6) is -0.546. The van der Waals surface area contributed by atoms with Crippen molar-refractivity contribution < 1.29 is 18.0 Å². The van der Waals surface area contributed by atoms with Crippen molar-refractivity contribution in [1.82, 2.24) is 9.88 Å². The minimum absolute atomic E-state index is 0.176. The molecule has 0 spiro atoms. The molecule has 1 aromatic carbocycles. The zero-order chi connectivity index (χ0) is 20.6. The summed E-state index contributed by atoms with van der Waals surface area (Å²) in [6.07, 6.45) is 1.74. The van der Waals surface area contributed by atoms with E-state index < -0.39 is 21.8 Å². The lowest BCUT2D eigenvalue weighted by Crippen LogP contribution is -2.49. The molecule has 2 fully saturated rings. The van der Waals surface area contributed by atoms with E-state index in [0.717, 1.165) is 10.1 Å². The fourth-order valence-electron chi connectivity index (χ4n) is 3.71. The van der Waals surface area contributed by atoms with Crippen LogP contribution in [-0.2, 0) is 14.8 Å². The van der Waals surface area contributed by atoms with Gasteiger partial charge in [-0.3, -0.25) is 9.59 Å². The smallest absolute Gasteiger partial charge is 0.254 e. The van der Waals surface area contributed by atoms with Crippen molar-refractivity contribution in [2.45, 2.75) is 6.92 Å². The maximum Gasteiger partial charge on any atom is 0.254 e. The first kappa shape index (κ1) is 19.4. The molecule has 152 valence electrons. The van der Waals surface area contributed by atoms with Crippen molar-refractivity contribution in [2.24, 2.45) is 5.92 Å². The first-order valence-corrected chi connectivity index (χ1v) is 11.1. The number of carbonyl (C=O) groups excluding carboxylic acids is 2. The summed E-state index contributed by atoms with van der Waals surface area (Å²) in [5, 5.41) is 0. The molecular weight excluding hydrogens is 392 g/mol. The Morgan fingerprint density at radius 1 is 1.07 bits per heavy atom. The first-order valence-electron chi connectivity index (χ1n) is 9.49. The van der Waals surface area contributed by atoms with Crippen LogP contribution in [0.15, 0.2) is 48.7 Å². The molecule has 0 bridgehead atoms. The second-order valence-electron chi connectivity index (χ2n) is 7.30. The zero-order valence-electron chi connectivity index (χ0n) is 16.1. The molecule has 2 aliphatic rings. The highest BCUT2D eigenvalue weighted by Gasteiger charge is 2.42. The molecule has 2 saturated heterocycles. The number of benzene rings is 1. The topological polar surface area (TPSA) is 90.9 Å². The van der Waals surface area contributed by atoms with E-state index in [-0.39, 0.29) is 17.3 Å². The van der Waals surface area contributed by atoms with Gasteiger partial charge in [0.1, 0.15) is 5.82 Å². The molecule has 4 rings (SSSR count). The van der Waals surface area contributed by atoms with Crippen molar-refractivity contribution in [1.29, 1.82) is 0 Å². The number of sulfonamides is 1. The van der Waals surface area contributed by atoms with Crippen molar-refractivity contribution >= 4 is 33.3 Å². The fourth-order valence-corrected chi connectivity index (χ4v) is 5.53. The molecule has 2 aliphatic heterocycles. The minimum Gasteiger partial charge on any atom is -0.353 e. The van der Waals surface area contributed by atoms with Crippen LogP contribution >= 0.6 is 0 Å². The summed E-state index contributed by atoms with van der Waals surface area (Å²) in [6, 6.07) is 12.0. The molecule has 0 N–H and O–H groups in total. The van der Waals surface area contributed by atoms with Gasteiger partial charge in [0.2, 0.25) is 15.9 Å². The van der Waals surface area contributed by atoms with Crippen LogP contribution in [0.25, 0.3) is 0 Å². The lowest BCUT2D eigenvalue weighted by atomic mass is 10.1. The van der Waals surface area contributed by atoms with Crippen LogP contribution in [0.3, 0.4) is 0 Å². The lowest BCUT2D eigenvalue weighted by Gasteiger charge is -2.35. The van der Waals surface area contributed by atoms with E-state index in [1.165, 1.54) is 6.07 Å². The Labute approximate surface area is 169 Å². The highest BCUT2D eigenvalue weighted by atomic mass is 32.2. The minimum atomic E-state index is -3.70. The summed E-state index contributed by atoms with van der Waals surface area (Å²) in [7, 11) is -3.70. The molecule has 2 aromatic rings. The van der Waals surface area contributed by atoms with Crippen molar-refractivity contribution in [2.75, 3.05) is 41.1 Å². The number of aromatic nitrogens is 1. The van der Waals surface area contributed by atoms with Crippen molar-refractivity contribution in [3.05, 3.63) is 54.2 Å². The Balaban J connectivity index is 1.49. The Hall–Kier alpha value is -2.94. The molecule has 1 atom stereocenters. The molecule has 0 radical (unpaired) electrons. The van der Waals surface area contributed by atoms with Crippen LogP contribution in [0, 0.1) is 5.92 Å². The number of nitrogens with zero attached hydrogens (tertiary/aromatic N) is 4. The van der Waals surface area contributed by atoms with Gasteiger partial charge in [0.05, 0.1) is 17.4 Å². The van der Waals surface area contributed by atoms with E-state index in [0.29, 0.717) is 31.7 Å². The quantitative estimate of drug-likeness (QED) is 0.753. The van der Waals surface area contributed by atoms with Crippen molar-refractivity contribution in [3.8, 4) is 0 Å². The van der Waals surface area contributed by atoms with Crippen LogP contribution in [-0.4, -0.2) is 62.0 Å². The number of hydrogen-bond donors (Lipinski definition) is 0. The summed E-state index contributed by atoms with van der Waals surface area (Å²) in [6.45, 7) is 4.00. The van der Waals surface area contributed by atoms with Crippen LogP contribution in [0.5, 0.6) is 0 Å². The monoisotopic (exact) mass is 414 g/mol. The standard InChI is InChI=1S/C20H22N4O4S/c1-15-14-29(27,28)24(19(15)25)17-6-4-5-16(13-17)20(26)23-11-9-22(10-12-23)18-7-2-3-8-21-18/h2-8,13,15H,9-12,14H2,1H3. The van der Waals surface area contributed by atoms with Crippen molar-refractivity contribution in [3.63, 3.8) is 0 Å². The summed E-state index contributed by atoms with van der Waals surface area (Å²) in [5.41, 5.74) is 0.591. The van der Waals surface area contributed by atoms with Crippen LogP contribution in [0.4, 0.5) is 11.5 Å². The number of carbonyl (C=O) groups is 2. The first-order chi connectivity index (χ1) is 13.9. The maximum atomic E-state index is 13.0. The molecule has 9 heteroatoms.